The molecule has 0 aliphatic heterocycles. The first kappa shape index (κ1) is 21.4. The van der Waals surface area contributed by atoms with Crippen molar-refractivity contribution in [1.29, 1.82) is 0 Å². The van der Waals surface area contributed by atoms with Crippen LogP contribution in [0.15, 0.2) is 54.6 Å². The lowest BCUT2D eigenvalue weighted by atomic mass is 9.89. The number of halogens is 6. The SMILES string of the molecule is CCC(C)COC(c1ccc2cc3ccccc3cc2c1)(C(F)(F)F)C(F)(F)F. The van der Waals surface area contributed by atoms with Crippen LogP contribution in [0.25, 0.3) is 21.5 Å². The van der Waals surface area contributed by atoms with Crippen LogP contribution in [0.1, 0.15) is 25.8 Å². The summed E-state index contributed by atoms with van der Waals surface area (Å²) in [7, 11) is 0. The molecule has 0 spiro atoms. The summed E-state index contributed by atoms with van der Waals surface area (Å²) >= 11 is 0. The summed E-state index contributed by atoms with van der Waals surface area (Å²) in [6.45, 7) is 2.56. The van der Waals surface area contributed by atoms with E-state index in [1.54, 1.807) is 38.1 Å². The molecule has 1 unspecified atom stereocenters. The topological polar surface area (TPSA) is 9.23 Å². The Hall–Kier alpha value is -2.28. The molecule has 1 nitrogen and oxygen atoms in total. The normalized spacial score (nSPS) is 14.5. The molecule has 0 saturated heterocycles. The van der Waals surface area contributed by atoms with Gasteiger partial charge in [-0.25, -0.2) is 0 Å². The van der Waals surface area contributed by atoms with Gasteiger partial charge in [0, 0.05) is 5.56 Å². The van der Waals surface area contributed by atoms with Gasteiger partial charge in [0.2, 0.25) is 0 Å². The molecule has 0 amide bonds. The Morgan fingerprint density at radius 3 is 1.79 bits per heavy atom. The number of rotatable bonds is 5. The minimum absolute atomic E-state index is 0.284. The third-order valence-corrected chi connectivity index (χ3v) is 5.19. The van der Waals surface area contributed by atoms with Gasteiger partial charge in [0.1, 0.15) is 0 Å². The first-order valence-electron chi connectivity index (χ1n) is 9.20. The van der Waals surface area contributed by atoms with Crippen molar-refractivity contribution < 1.29 is 31.1 Å². The second-order valence-electron chi connectivity index (χ2n) is 7.26. The molecule has 7 heteroatoms. The van der Waals surface area contributed by atoms with E-state index in [-0.39, 0.29) is 5.39 Å². The summed E-state index contributed by atoms with van der Waals surface area (Å²) in [6.07, 6.45) is -11.0. The highest BCUT2D eigenvalue weighted by Crippen LogP contribution is 2.53. The van der Waals surface area contributed by atoms with Crippen LogP contribution >= 0.6 is 0 Å². The number of benzene rings is 3. The molecule has 0 fully saturated rings. The van der Waals surface area contributed by atoms with Crippen molar-refractivity contribution in [3.63, 3.8) is 0 Å². The minimum Gasteiger partial charge on any atom is -0.354 e. The molecule has 3 rings (SSSR count). The van der Waals surface area contributed by atoms with Gasteiger partial charge in [-0.1, -0.05) is 56.7 Å². The fourth-order valence-corrected chi connectivity index (χ4v) is 3.28. The summed E-state index contributed by atoms with van der Waals surface area (Å²) in [5.74, 6) is -0.455. The fourth-order valence-electron chi connectivity index (χ4n) is 3.28. The maximum absolute atomic E-state index is 13.9. The molecule has 0 N–H and O–H groups in total. The fraction of sp³-hybridized carbons (Fsp3) is 0.364. The van der Waals surface area contributed by atoms with E-state index < -0.39 is 36.0 Å². The van der Waals surface area contributed by atoms with E-state index in [1.807, 2.05) is 12.1 Å². The number of fused-ring (bicyclic) bond motifs is 2. The van der Waals surface area contributed by atoms with Gasteiger partial charge >= 0.3 is 12.4 Å². The van der Waals surface area contributed by atoms with E-state index in [0.717, 1.165) is 22.9 Å². The van der Waals surface area contributed by atoms with E-state index in [0.29, 0.717) is 11.8 Å². The van der Waals surface area contributed by atoms with E-state index in [4.69, 9.17) is 0 Å². The van der Waals surface area contributed by atoms with E-state index in [1.165, 1.54) is 6.07 Å². The van der Waals surface area contributed by atoms with Gasteiger partial charge in [-0.2, -0.15) is 26.3 Å². The molecular formula is C22H20F6O. The number of alkyl halides is 6. The van der Waals surface area contributed by atoms with Gasteiger partial charge in [-0.15, -0.1) is 0 Å². The number of hydrogen-bond donors (Lipinski definition) is 0. The molecule has 156 valence electrons. The van der Waals surface area contributed by atoms with Crippen molar-refractivity contribution in [2.24, 2.45) is 5.92 Å². The van der Waals surface area contributed by atoms with Crippen molar-refractivity contribution in [2.45, 2.75) is 38.2 Å². The first-order chi connectivity index (χ1) is 13.5. The average molecular weight is 414 g/mol. The molecule has 0 saturated carbocycles. The molecule has 0 aliphatic carbocycles. The number of ether oxygens (including phenoxy) is 1. The van der Waals surface area contributed by atoms with Crippen LogP contribution in [0.4, 0.5) is 26.3 Å². The van der Waals surface area contributed by atoms with Crippen LogP contribution in [0.5, 0.6) is 0 Å². The zero-order chi connectivity index (χ0) is 21.4. The zero-order valence-electron chi connectivity index (χ0n) is 15.9. The lowest BCUT2D eigenvalue weighted by molar-refractivity contribution is -0.391. The maximum atomic E-state index is 13.9. The van der Waals surface area contributed by atoms with Crippen LogP contribution < -0.4 is 0 Å². The molecule has 3 aromatic rings. The molecule has 0 bridgehead atoms. The Labute approximate surface area is 164 Å². The summed E-state index contributed by atoms with van der Waals surface area (Å²) in [4.78, 5) is 0. The largest absolute Gasteiger partial charge is 0.430 e. The monoisotopic (exact) mass is 414 g/mol. The summed E-state index contributed by atoms with van der Waals surface area (Å²) in [5.41, 5.74) is -5.35. The highest BCUT2D eigenvalue weighted by atomic mass is 19.4. The van der Waals surface area contributed by atoms with Crippen LogP contribution in [-0.4, -0.2) is 19.0 Å². The Morgan fingerprint density at radius 2 is 1.28 bits per heavy atom. The Morgan fingerprint density at radius 1 is 0.759 bits per heavy atom. The molecule has 3 aromatic carbocycles. The Bertz CT molecular complexity index is 992. The highest BCUT2D eigenvalue weighted by molar-refractivity contribution is 5.98. The predicted molar refractivity (Wildman–Crippen MR) is 101 cm³/mol. The number of hydrogen-bond acceptors (Lipinski definition) is 1. The first-order valence-corrected chi connectivity index (χ1v) is 9.20. The molecule has 0 aliphatic rings. The minimum atomic E-state index is -5.68. The molecule has 0 radical (unpaired) electrons. The van der Waals surface area contributed by atoms with Crippen LogP contribution in [0.2, 0.25) is 0 Å². The molecule has 0 heterocycles. The van der Waals surface area contributed by atoms with Gasteiger partial charge in [0.05, 0.1) is 6.61 Å². The lowest BCUT2D eigenvalue weighted by Crippen LogP contribution is -2.56. The van der Waals surface area contributed by atoms with Gasteiger partial charge in [0.25, 0.3) is 5.60 Å². The summed E-state index contributed by atoms with van der Waals surface area (Å²) in [6, 6.07) is 13.5. The second kappa shape index (κ2) is 7.52. The molecular weight excluding hydrogens is 394 g/mol. The standard InChI is InChI=1S/C22H20F6O/c1-3-14(2)13-29-20(21(23,24)25,22(26,27)28)19-9-8-17-10-15-6-4-5-7-16(15)11-18(17)12-19/h4-12,14H,3,13H2,1-2H3. The quantitative estimate of drug-likeness (QED) is 0.313. The summed E-state index contributed by atoms with van der Waals surface area (Å²) in [5, 5.41) is 2.40. The highest BCUT2D eigenvalue weighted by Gasteiger charge is 2.73. The summed E-state index contributed by atoms with van der Waals surface area (Å²) < 4.78 is 88.2. The zero-order valence-corrected chi connectivity index (χ0v) is 15.9. The molecule has 29 heavy (non-hydrogen) atoms. The molecule has 0 aromatic heterocycles. The van der Waals surface area contributed by atoms with Gasteiger partial charge < -0.3 is 4.74 Å². The van der Waals surface area contributed by atoms with Crippen LogP contribution in [0, 0.1) is 5.92 Å². The van der Waals surface area contributed by atoms with Crippen LogP contribution in [-0.2, 0) is 10.3 Å². The van der Waals surface area contributed by atoms with E-state index in [2.05, 4.69) is 4.74 Å². The third kappa shape index (κ3) is 3.80. The maximum Gasteiger partial charge on any atom is 0.430 e. The predicted octanol–water partition coefficient (Wildman–Crippen LogP) is 7.38. The van der Waals surface area contributed by atoms with E-state index in [9.17, 15) is 26.3 Å². The van der Waals surface area contributed by atoms with Crippen molar-refractivity contribution in [2.75, 3.05) is 6.61 Å². The van der Waals surface area contributed by atoms with Gasteiger partial charge in [-0.05, 0) is 45.7 Å². The van der Waals surface area contributed by atoms with E-state index >= 15 is 0 Å². The molecule has 1 atom stereocenters. The Balaban J connectivity index is 2.23. The van der Waals surface area contributed by atoms with Crippen molar-refractivity contribution in [3.05, 3.63) is 60.2 Å². The van der Waals surface area contributed by atoms with Gasteiger partial charge in [0.15, 0.2) is 0 Å². The van der Waals surface area contributed by atoms with Crippen molar-refractivity contribution in [3.8, 4) is 0 Å². The Kier molecular flexibility index (Phi) is 5.56. The lowest BCUT2D eigenvalue weighted by Gasteiger charge is -2.38. The average Bonchev–Trinajstić information content (AvgIpc) is 2.64. The smallest absolute Gasteiger partial charge is 0.354 e. The van der Waals surface area contributed by atoms with Gasteiger partial charge in [-0.3, -0.25) is 0 Å². The van der Waals surface area contributed by atoms with Crippen molar-refractivity contribution in [1.82, 2.24) is 0 Å². The second-order valence-corrected chi connectivity index (χ2v) is 7.26. The third-order valence-electron chi connectivity index (χ3n) is 5.19. The van der Waals surface area contributed by atoms with Crippen molar-refractivity contribution >= 4 is 21.5 Å². The van der Waals surface area contributed by atoms with Crippen LogP contribution in [0.3, 0.4) is 0 Å².